The molecule has 148 valence electrons. The van der Waals surface area contributed by atoms with Crippen LogP contribution in [0.5, 0.6) is 0 Å². The van der Waals surface area contributed by atoms with Gasteiger partial charge in [0.15, 0.2) is 12.1 Å². The quantitative estimate of drug-likeness (QED) is 0.782. The number of carbonyl (C=O) groups is 3. The molecule has 0 unspecified atom stereocenters. The Kier molecular flexibility index (Phi) is 4.79. The van der Waals surface area contributed by atoms with Crippen LogP contribution in [0.3, 0.4) is 0 Å². The van der Waals surface area contributed by atoms with Crippen LogP contribution in [0, 0.1) is 13.8 Å². The maximum Gasteiger partial charge on any atom is 0.263 e. The number of nitrogens with one attached hydrogen (secondary N) is 1. The van der Waals surface area contributed by atoms with Crippen LogP contribution in [-0.2, 0) is 14.4 Å². The van der Waals surface area contributed by atoms with Crippen molar-refractivity contribution in [3.8, 4) is 0 Å². The first kappa shape index (κ1) is 19.1. The summed E-state index contributed by atoms with van der Waals surface area (Å²) in [5, 5.41) is 12.4. The van der Waals surface area contributed by atoms with Crippen molar-refractivity contribution < 1.29 is 14.4 Å². The Balaban J connectivity index is 1.52. The van der Waals surface area contributed by atoms with Crippen LogP contribution in [-0.4, -0.2) is 41.4 Å². The Morgan fingerprint density at radius 1 is 1.07 bits per heavy atom. The smallest absolute Gasteiger partial charge is 0.263 e. The zero-order valence-corrected chi connectivity index (χ0v) is 16.6. The van der Waals surface area contributed by atoms with Crippen LogP contribution < -0.4 is 10.2 Å². The van der Waals surface area contributed by atoms with Gasteiger partial charge in [0.25, 0.3) is 11.8 Å². The van der Waals surface area contributed by atoms with Gasteiger partial charge in [-0.3, -0.25) is 19.4 Å². The molecule has 2 atom stereocenters. The van der Waals surface area contributed by atoms with E-state index in [1.807, 2.05) is 32.0 Å². The Hall–Kier alpha value is -3.26. The number of benzene rings is 2. The van der Waals surface area contributed by atoms with Crippen LogP contribution in [0.1, 0.15) is 11.1 Å². The lowest BCUT2D eigenvalue weighted by molar-refractivity contribution is -0.123. The van der Waals surface area contributed by atoms with Gasteiger partial charge in [0, 0.05) is 10.7 Å². The van der Waals surface area contributed by atoms with Gasteiger partial charge in [0.05, 0.1) is 5.69 Å². The normalized spacial score (nSPS) is 20.4. The molecule has 0 bridgehead atoms. The molecule has 1 saturated heterocycles. The second kappa shape index (κ2) is 7.29. The monoisotopic (exact) mass is 411 g/mol. The Morgan fingerprint density at radius 3 is 2.38 bits per heavy atom. The Morgan fingerprint density at radius 2 is 1.72 bits per heavy atom. The van der Waals surface area contributed by atoms with Crippen LogP contribution in [0.4, 0.5) is 11.4 Å². The summed E-state index contributed by atoms with van der Waals surface area (Å²) >= 11 is 5.84. The molecule has 9 heteroatoms. The number of amides is 3. The Labute approximate surface area is 172 Å². The molecule has 2 aliphatic heterocycles. The van der Waals surface area contributed by atoms with Crippen molar-refractivity contribution in [1.29, 1.82) is 0 Å². The van der Waals surface area contributed by atoms with E-state index in [0.717, 1.165) is 11.1 Å². The molecule has 1 fully saturated rings. The largest absolute Gasteiger partial charge is 0.324 e. The van der Waals surface area contributed by atoms with Gasteiger partial charge >= 0.3 is 0 Å². The number of para-hydroxylation sites is 1. The van der Waals surface area contributed by atoms with Crippen LogP contribution in [0.15, 0.2) is 52.8 Å². The van der Waals surface area contributed by atoms with Crippen molar-refractivity contribution in [3.63, 3.8) is 0 Å². The predicted octanol–water partition coefficient (Wildman–Crippen LogP) is 2.89. The number of hydrogen-bond donors (Lipinski definition) is 1. The third-order valence-corrected chi connectivity index (χ3v) is 5.21. The number of aryl methyl sites for hydroxylation is 2. The highest BCUT2D eigenvalue weighted by Gasteiger charge is 2.55. The molecular weight excluding hydrogens is 394 g/mol. The minimum atomic E-state index is -0.940. The zero-order valence-electron chi connectivity index (χ0n) is 15.8. The molecule has 1 N–H and O–H groups in total. The van der Waals surface area contributed by atoms with E-state index in [2.05, 4.69) is 15.7 Å². The fourth-order valence-electron chi connectivity index (χ4n) is 3.61. The number of nitrogens with zero attached hydrogens (tertiary/aromatic N) is 4. The highest BCUT2D eigenvalue weighted by molar-refractivity contribution is 6.30. The average molecular weight is 412 g/mol. The summed E-state index contributed by atoms with van der Waals surface area (Å²) in [7, 11) is 0. The second-order valence-electron chi connectivity index (χ2n) is 7.00. The number of fused-ring (bicyclic) bond motifs is 1. The van der Waals surface area contributed by atoms with Gasteiger partial charge < -0.3 is 5.32 Å². The van der Waals surface area contributed by atoms with E-state index < -0.39 is 23.9 Å². The first-order valence-corrected chi connectivity index (χ1v) is 9.41. The lowest BCUT2D eigenvalue weighted by Gasteiger charge is -2.22. The van der Waals surface area contributed by atoms with Crippen LogP contribution in [0.2, 0.25) is 5.02 Å². The fraction of sp³-hybridized carbons (Fsp3) is 0.250. The van der Waals surface area contributed by atoms with Crippen molar-refractivity contribution >= 4 is 40.7 Å². The van der Waals surface area contributed by atoms with Gasteiger partial charge in [-0.1, -0.05) is 35.0 Å². The molecule has 2 aliphatic rings. The molecule has 0 spiro atoms. The first-order chi connectivity index (χ1) is 13.9. The zero-order chi connectivity index (χ0) is 20.7. The van der Waals surface area contributed by atoms with Crippen molar-refractivity contribution in [2.75, 3.05) is 16.8 Å². The number of rotatable bonds is 4. The average Bonchev–Trinajstić information content (AvgIpc) is 3.18. The van der Waals surface area contributed by atoms with Gasteiger partial charge in [-0.25, -0.2) is 4.90 Å². The summed E-state index contributed by atoms with van der Waals surface area (Å²) < 4.78 is 0. The van der Waals surface area contributed by atoms with Gasteiger partial charge in [-0.05, 0) is 49.2 Å². The second-order valence-corrected chi connectivity index (χ2v) is 7.44. The van der Waals surface area contributed by atoms with E-state index in [-0.39, 0.29) is 12.5 Å². The molecule has 0 aliphatic carbocycles. The van der Waals surface area contributed by atoms with E-state index in [1.54, 1.807) is 24.3 Å². The summed E-state index contributed by atoms with van der Waals surface area (Å²) in [5.74, 6) is -1.24. The lowest BCUT2D eigenvalue weighted by Crippen LogP contribution is -2.43. The number of hydrogen-bond acceptors (Lipinski definition) is 6. The molecule has 2 aromatic carbocycles. The van der Waals surface area contributed by atoms with E-state index in [1.165, 1.54) is 9.91 Å². The molecule has 29 heavy (non-hydrogen) atoms. The number of carbonyl (C=O) groups excluding carboxylic acids is 3. The molecule has 8 nitrogen and oxygen atoms in total. The minimum absolute atomic E-state index is 0.201. The fourth-order valence-corrected chi connectivity index (χ4v) is 3.74. The summed E-state index contributed by atoms with van der Waals surface area (Å²) in [4.78, 5) is 39.5. The lowest BCUT2D eigenvalue weighted by atomic mass is 10.1. The van der Waals surface area contributed by atoms with E-state index in [0.29, 0.717) is 16.4 Å². The Bertz CT molecular complexity index is 1020. The maximum atomic E-state index is 13.1. The third kappa shape index (κ3) is 3.36. The molecule has 0 aromatic heterocycles. The van der Waals surface area contributed by atoms with E-state index in [9.17, 15) is 14.4 Å². The molecule has 3 amide bonds. The number of halogens is 1. The van der Waals surface area contributed by atoms with Crippen molar-refractivity contribution in [3.05, 3.63) is 58.6 Å². The number of imide groups is 1. The minimum Gasteiger partial charge on any atom is -0.324 e. The molecule has 2 heterocycles. The molecule has 0 saturated carbocycles. The molecule has 2 aromatic rings. The summed E-state index contributed by atoms with van der Waals surface area (Å²) in [6, 6.07) is 10.3. The van der Waals surface area contributed by atoms with Gasteiger partial charge in [0.2, 0.25) is 5.91 Å². The van der Waals surface area contributed by atoms with Crippen molar-refractivity contribution in [2.45, 2.75) is 25.9 Å². The van der Waals surface area contributed by atoms with Crippen molar-refractivity contribution in [1.82, 2.24) is 5.01 Å². The predicted molar refractivity (Wildman–Crippen MR) is 108 cm³/mol. The third-order valence-electron chi connectivity index (χ3n) is 4.95. The van der Waals surface area contributed by atoms with E-state index >= 15 is 0 Å². The SMILES string of the molecule is Cc1cccc(C)c1N1C(=O)[C@H]2N=NN(CC(=O)Nc3ccc(Cl)cc3)[C@H]2C1=O. The number of anilines is 2. The topological polar surface area (TPSA) is 94.4 Å². The summed E-state index contributed by atoms with van der Waals surface area (Å²) in [6.07, 6.45) is 0. The maximum absolute atomic E-state index is 13.1. The van der Waals surface area contributed by atoms with Crippen LogP contribution >= 0.6 is 11.6 Å². The standard InChI is InChI=1S/C20H18ClN5O3/c1-11-4-3-5-12(2)17(11)26-19(28)16-18(20(26)29)25(24-23-16)10-15(27)22-14-8-6-13(21)7-9-14/h3-9,16,18H,10H2,1-2H3,(H,22,27)/t16-,18+/m0/s1. The molecule has 4 rings (SSSR count). The highest BCUT2D eigenvalue weighted by atomic mass is 35.5. The summed E-state index contributed by atoms with van der Waals surface area (Å²) in [6.45, 7) is 3.48. The van der Waals surface area contributed by atoms with E-state index in [4.69, 9.17) is 11.6 Å². The van der Waals surface area contributed by atoms with Gasteiger partial charge in [0.1, 0.15) is 6.54 Å². The van der Waals surface area contributed by atoms with Gasteiger partial charge in [-0.2, -0.15) is 5.11 Å². The van der Waals surface area contributed by atoms with Crippen molar-refractivity contribution in [2.24, 2.45) is 10.3 Å². The van der Waals surface area contributed by atoms with Gasteiger partial charge in [-0.15, -0.1) is 0 Å². The molecular formula is C20H18ClN5O3. The summed E-state index contributed by atoms with van der Waals surface area (Å²) in [5.41, 5.74) is 2.77. The molecule has 0 radical (unpaired) electrons. The first-order valence-electron chi connectivity index (χ1n) is 9.03. The van der Waals surface area contributed by atoms with Crippen LogP contribution in [0.25, 0.3) is 0 Å². The highest BCUT2D eigenvalue weighted by Crippen LogP contribution is 2.35.